The van der Waals surface area contributed by atoms with Gasteiger partial charge in [0.1, 0.15) is 17.5 Å². The molecule has 2 aromatic heterocycles. The molecule has 14 nitrogen and oxygen atoms in total. The van der Waals surface area contributed by atoms with Crippen LogP contribution in [0.15, 0.2) is 70.5 Å². The molecule has 0 bridgehead atoms. The number of fused-ring (bicyclic) bond motifs is 3. The lowest BCUT2D eigenvalue weighted by atomic mass is 9.92. The quantitative estimate of drug-likeness (QED) is 0.195. The zero-order chi connectivity index (χ0) is 42.1. The summed E-state index contributed by atoms with van der Waals surface area (Å²) in [4.78, 5) is 51.5. The summed E-state index contributed by atoms with van der Waals surface area (Å²) >= 11 is 6.71. The minimum Gasteiger partial charge on any atom is -0.378 e. The number of halogens is 3. The topological polar surface area (TPSA) is 175 Å². The number of anilines is 2. The van der Waals surface area contributed by atoms with E-state index in [1.165, 1.54) is 40.4 Å². The molecule has 8 rings (SSSR count). The molecular weight excluding hydrogens is 806 g/mol. The molecule has 2 amide bonds. The van der Waals surface area contributed by atoms with Gasteiger partial charge in [0.25, 0.3) is 15.6 Å². The number of rotatable bonds is 10. The number of nitrogens with one attached hydrogen (secondary N) is 1. The Morgan fingerprint density at radius 3 is 2.39 bits per heavy atom. The fourth-order valence-corrected chi connectivity index (χ4v) is 9.58. The van der Waals surface area contributed by atoms with Crippen LogP contribution in [0, 0.1) is 25.5 Å². The average Bonchev–Trinajstić information content (AvgIpc) is 3.71. The van der Waals surface area contributed by atoms with Gasteiger partial charge in [-0.05, 0) is 85.6 Å². The fourth-order valence-electron chi connectivity index (χ4n) is 8.38. The third-order valence-corrected chi connectivity index (χ3v) is 12.7. The van der Waals surface area contributed by atoms with Gasteiger partial charge in [-0.15, -0.1) is 0 Å². The van der Waals surface area contributed by atoms with Crippen molar-refractivity contribution in [3.05, 3.63) is 116 Å². The smallest absolute Gasteiger partial charge is 0.266 e. The van der Waals surface area contributed by atoms with E-state index in [2.05, 4.69) is 14.7 Å². The Morgan fingerprint density at radius 1 is 1.02 bits per heavy atom. The van der Waals surface area contributed by atoms with E-state index in [0.29, 0.717) is 48.7 Å². The Kier molecular flexibility index (Phi) is 10.3. The number of nitrogens with zero attached hydrogens (tertiary/aromatic N) is 6. The second kappa shape index (κ2) is 15.1. The van der Waals surface area contributed by atoms with Crippen LogP contribution in [0.1, 0.15) is 46.5 Å². The zero-order valence-electron chi connectivity index (χ0n) is 32.4. The van der Waals surface area contributed by atoms with Gasteiger partial charge in [0.15, 0.2) is 0 Å². The standard InChI is InChI=1S/C41H39ClF2N8O6S/c1-21-5-6-22(2)36-34(21)28(20-33(45)53)41(55)51(36)32(17-23-15-24(43)18-25(44)16-23)38-47-30-19-26(50-11-13-58-14-12-50)7-8-27(30)40(54)52(38)31-10-9-29(42)35-37(31)49(4)48-39(35)59(56,57)46-3/h5-10,15-16,18-19,28,32,46H,11-14,17,20H2,1-4H3,(H2,45,53)/t28?,32-/m0/s1. The summed E-state index contributed by atoms with van der Waals surface area (Å²) < 4.78 is 66.9. The summed E-state index contributed by atoms with van der Waals surface area (Å²) in [5.74, 6) is -4.03. The molecule has 0 spiro atoms. The molecule has 0 radical (unpaired) electrons. The Morgan fingerprint density at radius 2 is 1.71 bits per heavy atom. The molecule has 306 valence electrons. The summed E-state index contributed by atoms with van der Waals surface area (Å²) in [7, 11) is -1.46. The van der Waals surface area contributed by atoms with E-state index in [0.717, 1.165) is 23.9 Å². The lowest BCUT2D eigenvalue weighted by Crippen LogP contribution is -2.39. The molecule has 4 aromatic carbocycles. The minimum absolute atomic E-state index is 0.0148. The van der Waals surface area contributed by atoms with Gasteiger partial charge in [-0.25, -0.2) is 26.9 Å². The first-order chi connectivity index (χ1) is 28.1. The van der Waals surface area contributed by atoms with Crippen molar-refractivity contribution in [2.45, 2.75) is 43.7 Å². The normalized spacial score (nSPS) is 16.3. The number of nitrogens with two attached hydrogens (primary N) is 1. The van der Waals surface area contributed by atoms with Crippen LogP contribution in [0.5, 0.6) is 0 Å². The molecule has 0 saturated carbocycles. The lowest BCUT2D eigenvalue weighted by Gasteiger charge is -2.32. The Bertz CT molecular complexity index is 2890. The van der Waals surface area contributed by atoms with Crippen molar-refractivity contribution >= 4 is 66.6 Å². The highest BCUT2D eigenvalue weighted by Crippen LogP contribution is 2.48. The first kappa shape index (κ1) is 40.0. The number of amides is 2. The van der Waals surface area contributed by atoms with Gasteiger partial charge in [-0.1, -0.05) is 23.7 Å². The number of ether oxygens (including phenoxy) is 1. The zero-order valence-corrected chi connectivity index (χ0v) is 34.0. The van der Waals surface area contributed by atoms with Crippen LogP contribution in [0.2, 0.25) is 5.02 Å². The van der Waals surface area contributed by atoms with Gasteiger partial charge in [0.2, 0.25) is 16.8 Å². The van der Waals surface area contributed by atoms with Crippen LogP contribution in [-0.2, 0) is 37.8 Å². The second-order valence-electron chi connectivity index (χ2n) is 14.7. The van der Waals surface area contributed by atoms with Crippen molar-refractivity contribution in [2.75, 3.05) is 43.2 Å². The molecule has 2 atom stereocenters. The van der Waals surface area contributed by atoms with E-state index in [1.807, 2.05) is 12.1 Å². The van der Waals surface area contributed by atoms with Crippen LogP contribution in [-0.4, -0.2) is 72.9 Å². The molecular formula is C41H39ClF2N8O6S. The summed E-state index contributed by atoms with van der Waals surface area (Å²) in [6.07, 6.45) is -0.594. The third-order valence-electron chi connectivity index (χ3n) is 11.0. The number of benzene rings is 4. The number of hydrogen-bond acceptors (Lipinski definition) is 9. The van der Waals surface area contributed by atoms with Crippen LogP contribution < -0.4 is 25.8 Å². The fraction of sp³-hybridized carbons (Fsp3) is 0.293. The number of hydrogen-bond donors (Lipinski definition) is 2. The molecule has 59 heavy (non-hydrogen) atoms. The summed E-state index contributed by atoms with van der Waals surface area (Å²) in [6.45, 7) is 5.76. The monoisotopic (exact) mass is 844 g/mol. The number of aryl methyl sites for hydroxylation is 3. The maximum absolute atomic E-state index is 15.3. The van der Waals surface area contributed by atoms with Gasteiger partial charge in [-0.2, -0.15) is 5.10 Å². The van der Waals surface area contributed by atoms with Gasteiger partial charge >= 0.3 is 0 Å². The van der Waals surface area contributed by atoms with E-state index in [9.17, 15) is 26.8 Å². The van der Waals surface area contributed by atoms with E-state index < -0.39 is 56.0 Å². The predicted molar refractivity (Wildman–Crippen MR) is 219 cm³/mol. The predicted octanol–water partition coefficient (Wildman–Crippen LogP) is 4.86. The van der Waals surface area contributed by atoms with E-state index >= 15 is 4.79 Å². The van der Waals surface area contributed by atoms with Gasteiger partial charge in [0.05, 0.1) is 63.4 Å². The molecule has 18 heteroatoms. The Labute approximate surface area is 342 Å². The molecule has 6 aromatic rings. The van der Waals surface area contributed by atoms with Crippen molar-refractivity contribution in [3.63, 3.8) is 0 Å². The number of morpholine rings is 1. The number of sulfonamides is 1. The van der Waals surface area contributed by atoms with Crippen molar-refractivity contribution < 1.29 is 31.5 Å². The minimum atomic E-state index is -4.18. The van der Waals surface area contributed by atoms with E-state index in [1.54, 1.807) is 32.0 Å². The first-order valence-corrected chi connectivity index (χ1v) is 20.6. The van der Waals surface area contributed by atoms with Crippen molar-refractivity contribution in [2.24, 2.45) is 12.8 Å². The number of carbonyl (C=O) groups is 2. The summed E-state index contributed by atoms with van der Waals surface area (Å²) in [5.41, 5.74) is 8.88. The average molecular weight is 845 g/mol. The highest BCUT2D eigenvalue weighted by atomic mass is 35.5. The Hall–Kier alpha value is -5.75. The molecule has 2 aliphatic rings. The second-order valence-corrected chi connectivity index (χ2v) is 16.9. The van der Waals surface area contributed by atoms with Crippen LogP contribution in [0.25, 0.3) is 27.5 Å². The summed E-state index contributed by atoms with van der Waals surface area (Å²) in [6, 6.07) is 13.5. The highest BCUT2D eigenvalue weighted by molar-refractivity contribution is 7.89. The van der Waals surface area contributed by atoms with Crippen molar-refractivity contribution in [1.29, 1.82) is 0 Å². The van der Waals surface area contributed by atoms with Gasteiger partial charge in [-0.3, -0.25) is 23.6 Å². The first-order valence-electron chi connectivity index (χ1n) is 18.7. The third kappa shape index (κ3) is 6.90. The molecule has 2 aliphatic heterocycles. The molecule has 1 saturated heterocycles. The largest absolute Gasteiger partial charge is 0.378 e. The Balaban J connectivity index is 1.50. The van der Waals surface area contributed by atoms with E-state index in [4.69, 9.17) is 27.1 Å². The van der Waals surface area contributed by atoms with Gasteiger partial charge in [0, 0.05) is 44.7 Å². The SMILES string of the molecule is CNS(=O)(=O)c1nn(C)c2c(-n3c([C@H](Cc4cc(F)cc(F)c4)N4C(=O)C(CC(N)=O)c5c(C)ccc(C)c54)nc4cc(N5CCOCC5)ccc4c3=O)ccc(Cl)c12. The van der Waals surface area contributed by atoms with Gasteiger partial charge < -0.3 is 20.3 Å². The number of carbonyl (C=O) groups excluding carboxylic acids is 2. The van der Waals surface area contributed by atoms with Crippen LogP contribution in [0.3, 0.4) is 0 Å². The van der Waals surface area contributed by atoms with Crippen LogP contribution >= 0.6 is 11.6 Å². The highest BCUT2D eigenvalue weighted by Gasteiger charge is 2.45. The van der Waals surface area contributed by atoms with Crippen molar-refractivity contribution in [1.82, 2.24) is 24.1 Å². The lowest BCUT2D eigenvalue weighted by molar-refractivity contribution is -0.124. The maximum Gasteiger partial charge on any atom is 0.266 e. The molecule has 3 N–H and O–H groups in total. The summed E-state index contributed by atoms with van der Waals surface area (Å²) in [5, 5.41) is 4.15. The number of primary amides is 1. The molecule has 1 unspecified atom stereocenters. The van der Waals surface area contributed by atoms with E-state index in [-0.39, 0.29) is 56.7 Å². The molecule has 0 aliphatic carbocycles. The molecule has 1 fully saturated rings. The molecule has 4 heterocycles. The maximum atomic E-state index is 15.3. The van der Waals surface area contributed by atoms with Crippen LogP contribution in [0.4, 0.5) is 20.2 Å². The van der Waals surface area contributed by atoms with Crippen molar-refractivity contribution in [3.8, 4) is 5.69 Å². The number of aromatic nitrogens is 4.